The maximum atomic E-state index is 13.6. The lowest BCUT2D eigenvalue weighted by atomic mass is 9.86. The molecule has 0 aliphatic carbocycles. The summed E-state index contributed by atoms with van der Waals surface area (Å²) < 4.78 is 19.6. The van der Waals surface area contributed by atoms with Gasteiger partial charge in [0.15, 0.2) is 0 Å². The van der Waals surface area contributed by atoms with Crippen molar-refractivity contribution >= 4 is 23.1 Å². The second-order valence-electron chi connectivity index (χ2n) is 7.60. The molecule has 0 spiro atoms. The summed E-state index contributed by atoms with van der Waals surface area (Å²) in [7, 11) is 0. The zero-order chi connectivity index (χ0) is 19.0. The quantitative estimate of drug-likeness (QED) is 0.758. The Morgan fingerprint density at radius 1 is 1.26 bits per heavy atom. The van der Waals surface area contributed by atoms with Crippen LogP contribution in [0.2, 0.25) is 0 Å². The first-order chi connectivity index (χ1) is 13.0. The van der Waals surface area contributed by atoms with Crippen LogP contribution in [0.5, 0.6) is 0 Å². The van der Waals surface area contributed by atoms with E-state index in [1.807, 2.05) is 19.2 Å². The largest absolute Gasteiger partial charge is 0.444 e. The van der Waals surface area contributed by atoms with Crippen molar-refractivity contribution in [3.05, 3.63) is 51.5 Å². The summed E-state index contributed by atoms with van der Waals surface area (Å²) >= 11 is 1.63. The molecule has 6 heteroatoms. The molecule has 3 fully saturated rings. The Kier molecular flexibility index (Phi) is 5.19. The predicted octanol–water partition coefficient (Wildman–Crippen LogP) is 4.74. The Hall–Kier alpha value is -1.92. The third-order valence-electron chi connectivity index (χ3n) is 5.79. The highest BCUT2D eigenvalue weighted by molar-refractivity contribution is 7.10. The van der Waals surface area contributed by atoms with Crippen LogP contribution in [0.15, 0.2) is 29.6 Å². The molecule has 1 aromatic carbocycles. The number of hydrogen-bond donors (Lipinski definition) is 0. The molecule has 1 atom stereocenters. The van der Waals surface area contributed by atoms with Gasteiger partial charge in [-0.05, 0) is 86.5 Å². The minimum absolute atomic E-state index is 0.0484. The molecule has 2 aromatic rings. The van der Waals surface area contributed by atoms with Gasteiger partial charge in [0.1, 0.15) is 11.9 Å². The molecule has 0 saturated carbocycles. The second kappa shape index (κ2) is 7.60. The van der Waals surface area contributed by atoms with Crippen molar-refractivity contribution in [1.29, 1.82) is 0 Å². The maximum Gasteiger partial charge on any atom is 0.414 e. The van der Waals surface area contributed by atoms with Gasteiger partial charge in [-0.15, -0.1) is 11.3 Å². The molecule has 0 unspecified atom stereocenters. The minimum Gasteiger partial charge on any atom is -0.444 e. The summed E-state index contributed by atoms with van der Waals surface area (Å²) in [6, 6.07) is 6.59. The average Bonchev–Trinajstić information content (AvgIpc) is 3.06. The molecule has 5 rings (SSSR count). The molecule has 1 amide bonds. The zero-order valence-corrected chi connectivity index (χ0v) is 16.6. The van der Waals surface area contributed by atoms with E-state index >= 15 is 0 Å². The van der Waals surface area contributed by atoms with Gasteiger partial charge < -0.3 is 4.74 Å². The number of aryl methyl sites for hydroxylation is 2. The summed E-state index contributed by atoms with van der Waals surface area (Å²) in [6.45, 7) is 7.34. The first-order valence-corrected chi connectivity index (χ1v) is 10.4. The van der Waals surface area contributed by atoms with E-state index in [2.05, 4.69) is 11.0 Å². The van der Waals surface area contributed by atoms with Gasteiger partial charge in [0, 0.05) is 11.4 Å². The van der Waals surface area contributed by atoms with Gasteiger partial charge >= 0.3 is 6.09 Å². The number of piperidine rings is 3. The van der Waals surface area contributed by atoms with E-state index in [1.54, 1.807) is 22.3 Å². The second-order valence-corrected chi connectivity index (χ2v) is 8.60. The first-order valence-electron chi connectivity index (χ1n) is 9.51. The maximum absolute atomic E-state index is 13.6. The minimum atomic E-state index is -0.337. The molecule has 3 aliphatic rings. The summed E-state index contributed by atoms with van der Waals surface area (Å²) in [5, 5.41) is 2.03. The topological polar surface area (TPSA) is 32.8 Å². The average molecular weight is 389 g/mol. The van der Waals surface area contributed by atoms with Crippen LogP contribution >= 0.6 is 11.3 Å². The van der Waals surface area contributed by atoms with Gasteiger partial charge in [0.25, 0.3) is 0 Å². The van der Waals surface area contributed by atoms with Crippen molar-refractivity contribution in [3.63, 3.8) is 0 Å². The van der Waals surface area contributed by atoms with E-state index < -0.39 is 0 Å². The number of carbonyl (C=O) groups is 1. The molecular weight excluding hydrogens is 363 g/mol. The van der Waals surface area contributed by atoms with Crippen LogP contribution in [-0.4, -0.2) is 36.7 Å². The van der Waals surface area contributed by atoms with E-state index in [4.69, 9.17) is 4.74 Å². The van der Waals surface area contributed by atoms with Crippen molar-refractivity contribution in [3.8, 4) is 0 Å². The van der Waals surface area contributed by atoms with Crippen LogP contribution < -0.4 is 4.90 Å². The number of carbonyl (C=O) groups excluding carboxylic acids is 1. The van der Waals surface area contributed by atoms with Crippen LogP contribution in [0, 0.1) is 25.6 Å². The number of amides is 1. The van der Waals surface area contributed by atoms with Gasteiger partial charge in [-0.2, -0.15) is 0 Å². The van der Waals surface area contributed by atoms with Gasteiger partial charge in [0.2, 0.25) is 0 Å². The number of thiophene rings is 1. The highest BCUT2D eigenvalue weighted by Crippen LogP contribution is 2.32. The Morgan fingerprint density at radius 3 is 2.63 bits per heavy atom. The van der Waals surface area contributed by atoms with Gasteiger partial charge in [-0.1, -0.05) is 0 Å². The molecule has 3 aliphatic heterocycles. The Balaban J connectivity index is 1.58. The number of rotatable bonds is 4. The number of anilines is 1. The third kappa shape index (κ3) is 3.87. The van der Waals surface area contributed by atoms with Crippen LogP contribution in [-0.2, 0) is 11.3 Å². The first kappa shape index (κ1) is 18.4. The SMILES string of the molecule is Cc1cc(F)ccc1N(Cc1sccc1C)C(=O)O[C@H]1CN2CCC1CC2. The molecule has 4 heterocycles. The van der Waals surface area contributed by atoms with Crippen molar-refractivity contribution < 1.29 is 13.9 Å². The molecule has 27 heavy (non-hydrogen) atoms. The van der Waals surface area contributed by atoms with Gasteiger partial charge in [-0.25, -0.2) is 9.18 Å². The van der Waals surface area contributed by atoms with E-state index in [1.165, 1.54) is 12.1 Å². The summed E-state index contributed by atoms with van der Waals surface area (Å²) in [5.74, 6) is 0.160. The number of nitrogens with zero attached hydrogens (tertiary/aromatic N) is 2. The lowest BCUT2D eigenvalue weighted by molar-refractivity contribution is -0.0311. The standard InChI is InChI=1S/C21H25FN2O2S/c1-14-7-10-27-20(14)13-24(18-4-3-17(22)11-15(18)2)21(25)26-19-12-23-8-5-16(19)6-9-23/h3-4,7,10-11,16,19H,5-6,8-9,12-13H2,1-2H3/t19-/m0/s1. The molecule has 3 saturated heterocycles. The van der Waals surface area contributed by atoms with Crippen molar-refractivity contribution in [2.24, 2.45) is 5.92 Å². The van der Waals surface area contributed by atoms with E-state index in [-0.39, 0.29) is 18.0 Å². The molecule has 2 bridgehead atoms. The number of ether oxygens (including phenoxy) is 1. The monoisotopic (exact) mass is 388 g/mol. The molecule has 1 aromatic heterocycles. The number of hydrogen-bond acceptors (Lipinski definition) is 4. The normalized spacial score (nSPS) is 24.0. The number of benzene rings is 1. The summed E-state index contributed by atoms with van der Waals surface area (Å²) in [4.78, 5) is 18.3. The lowest BCUT2D eigenvalue weighted by Gasteiger charge is -2.44. The van der Waals surface area contributed by atoms with E-state index in [0.29, 0.717) is 18.2 Å². The highest BCUT2D eigenvalue weighted by atomic mass is 32.1. The molecular formula is C21H25FN2O2S. The van der Waals surface area contributed by atoms with Gasteiger partial charge in [-0.3, -0.25) is 9.80 Å². The van der Waals surface area contributed by atoms with Crippen LogP contribution in [0.25, 0.3) is 0 Å². The molecule has 4 nitrogen and oxygen atoms in total. The predicted molar refractivity (Wildman–Crippen MR) is 106 cm³/mol. The fourth-order valence-electron chi connectivity index (χ4n) is 4.12. The molecule has 0 N–H and O–H groups in total. The van der Waals surface area contributed by atoms with Crippen molar-refractivity contribution in [2.75, 3.05) is 24.5 Å². The van der Waals surface area contributed by atoms with Crippen molar-refractivity contribution in [1.82, 2.24) is 4.90 Å². The van der Waals surface area contributed by atoms with E-state index in [0.717, 1.165) is 48.5 Å². The Bertz CT molecular complexity index is 829. The van der Waals surface area contributed by atoms with Crippen molar-refractivity contribution in [2.45, 2.75) is 39.3 Å². The summed E-state index contributed by atoms with van der Waals surface area (Å²) in [5.41, 5.74) is 2.59. The summed E-state index contributed by atoms with van der Waals surface area (Å²) in [6.07, 6.45) is 1.80. The third-order valence-corrected chi connectivity index (χ3v) is 6.80. The van der Waals surface area contributed by atoms with Crippen LogP contribution in [0.4, 0.5) is 14.9 Å². The lowest BCUT2D eigenvalue weighted by Crippen LogP contribution is -2.53. The fourth-order valence-corrected chi connectivity index (χ4v) is 5.01. The fraction of sp³-hybridized carbons (Fsp3) is 0.476. The van der Waals surface area contributed by atoms with Gasteiger partial charge in [0.05, 0.1) is 12.2 Å². The molecule has 144 valence electrons. The Labute approximate surface area is 163 Å². The molecule has 0 radical (unpaired) electrons. The Morgan fingerprint density at radius 2 is 2.04 bits per heavy atom. The number of fused-ring (bicyclic) bond motifs is 3. The highest BCUT2D eigenvalue weighted by Gasteiger charge is 2.37. The van der Waals surface area contributed by atoms with E-state index in [9.17, 15) is 9.18 Å². The number of halogens is 1. The smallest absolute Gasteiger partial charge is 0.414 e. The zero-order valence-electron chi connectivity index (χ0n) is 15.8. The van der Waals surface area contributed by atoms with Crippen LogP contribution in [0.1, 0.15) is 28.8 Å². The van der Waals surface area contributed by atoms with Crippen LogP contribution in [0.3, 0.4) is 0 Å².